The Kier molecular flexibility index (Phi) is 4.00. The number of rotatable bonds is 2. The van der Waals surface area contributed by atoms with E-state index in [0.717, 1.165) is 12.1 Å². The van der Waals surface area contributed by atoms with E-state index in [1.165, 1.54) is 17.8 Å². The molecule has 0 saturated carbocycles. The van der Waals surface area contributed by atoms with Gasteiger partial charge in [-0.1, -0.05) is 0 Å². The second kappa shape index (κ2) is 5.14. The van der Waals surface area contributed by atoms with Crippen molar-refractivity contribution in [2.75, 3.05) is 0 Å². The van der Waals surface area contributed by atoms with Crippen LogP contribution in [0.5, 0.6) is 17.4 Å². The minimum absolute atomic E-state index is 0. The van der Waals surface area contributed by atoms with E-state index in [1.807, 2.05) is 0 Å². The molecule has 19 heavy (non-hydrogen) atoms. The molecule has 0 spiro atoms. The van der Waals surface area contributed by atoms with Gasteiger partial charge in [0.1, 0.15) is 0 Å². The molecule has 1 aromatic heterocycles. The number of phenolic OH excluding ortho intramolecular Hbond substituents is 2. The van der Waals surface area contributed by atoms with Gasteiger partial charge in [0.2, 0.25) is 11.6 Å². The molecular weight excluding hydrogens is 322 g/mol. The van der Waals surface area contributed by atoms with E-state index in [1.54, 1.807) is 0 Å². The monoisotopic (exact) mass is 331 g/mol. The molecule has 0 aliphatic rings. The third kappa shape index (κ3) is 2.60. The fourth-order valence-electron chi connectivity index (χ4n) is 1.49. The van der Waals surface area contributed by atoms with Crippen LogP contribution in [0.2, 0.25) is 0 Å². The number of aromatic hydroxyl groups is 3. The Balaban J connectivity index is 0.00000180. The first-order chi connectivity index (χ1) is 8.40. The first-order valence-corrected chi connectivity index (χ1v) is 4.84. The Morgan fingerprint density at radius 2 is 1.89 bits per heavy atom. The number of hydrogen-bond acceptors (Lipinski definition) is 6. The Morgan fingerprint density at radius 3 is 2.37 bits per heavy atom. The molecule has 9 heteroatoms. The van der Waals surface area contributed by atoms with Crippen molar-refractivity contribution in [3.63, 3.8) is 0 Å². The molecule has 0 aliphatic carbocycles. The molecule has 0 saturated heterocycles. The van der Waals surface area contributed by atoms with Crippen LogP contribution < -0.4 is 0 Å². The van der Waals surface area contributed by atoms with E-state index in [0.29, 0.717) is 0 Å². The van der Waals surface area contributed by atoms with Crippen molar-refractivity contribution in [3.8, 4) is 28.6 Å². The molecular formula is C10H10BrN3O5. The Morgan fingerprint density at radius 1 is 1.26 bits per heavy atom. The van der Waals surface area contributed by atoms with Gasteiger partial charge in [0.25, 0.3) is 0 Å². The lowest BCUT2D eigenvalue weighted by Crippen LogP contribution is -1.92. The van der Waals surface area contributed by atoms with Crippen molar-refractivity contribution in [1.82, 2.24) is 9.78 Å². The van der Waals surface area contributed by atoms with Crippen molar-refractivity contribution < 1.29 is 20.2 Å². The van der Waals surface area contributed by atoms with Gasteiger partial charge >= 0.3 is 5.69 Å². The zero-order valence-electron chi connectivity index (χ0n) is 9.64. The van der Waals surface area contributed by atoms with Crippen LogP contribution >= 0.6 is 17.0 Å². The molecule has 0 aliphatic heterocycles. The summed E-state index contributed by atoms with van der Waals surface area (Å²) in [6.45, 7) is 0. The van der Waals surface area contributed by atoms with Crippen LogP contribution in [-0.2, 0) is 7.05 Å². The van der Waals surface area contributed by atoms with Gasteiger partial charge in [0.15, 0.2) is 5.75 Å². The Labute approximate surface area is 117 Å². The molecule has 0 radical (unpaired) electrons. The number of nitrogens with zero attached hydrogens (tertiary/aromatic N) is 3. The van der Waals surface area contributed by atoms with Gasteiger partial charge in [-0.25, -0.2) is 4.68 Å². The van der Waals surface area contributed by atoms with Crippen molar-refractivity contribution in [2.24, 2.45) is 7.05 Å². The van der Waals surface area contributed by atoms with Crippen molar-refractivity contribution >= 4 is 22.7 Å². The molecule has 0 bridgehead atoms. The topological polar surface area (TPSA) is 122 Å². The number of benzene rings is 1. The minimum Gasteiger partial charge on any atom is -0.504 e. The maximum absolute atomic E-state index is 10.7. The van der Waals surface area contributed by atoms with E-state index in [9.17, 15) is 25.4 Å². The molecule has 3 N–H and O–H groups in total. The maximum Gasteiger partial charge on any atom is 0.315 e. The molecule has 2 aromatic rings. The van der Waals surface area contributed by atoms with Crippen LogP contribution in [0.3, 0.4) is 0 Å². The average molecular weight is 332 g/mol. The number of aromatic nitrogens is 2. The molecule has 102 valence electrons. The lowest BCUT2D eigenvalue weighted by atomic mass is 10.1. The van der Waals surface area contributed by atoms with E-state index in [2.05, 4.69) is 5.10 Å². The molecule has 8 nitrogen and oxygen atoms in total. The fourth-order valence-corrected chi connectivity index (χ4v) is 1.49. The van der Waals surface area contributed by atoms with Crippen LogP contribution in [0.4, 0.5) is 5.69 Å². The summed E-state index contributed by atoms with van der Waals surface area (Å²) in [6.07, 6.45) is 0. The Bertz CT molecular complexity index is 621. The molecule has 0 fully saturated rings. The van der Waals surface area contributed by atoms with E-state index < -0.39 is 22.1 Å². The zero-order valence-corrected chi connectivity index (χ0v) is 11.4. The number of nitro groups is 1. The van der Waals surface area contributed by atoms with Gasteiger partial charge in [0.05, 0.1) is 10.6 Å². The van der Waals surface area contributed by atoms with Crippen LogP contribution in [0.15, 0.2) is 18.2 Å². The average Bonchev–Trinajstić information content (AvgIpc) is 2.62. The van der Waals surface area contributed by atoms with Crippen LogP contribution in [0.25, 0.3) is 11.3 Å². The third-order valence-electron chi connectivity index (χ3n) is 2.42. The highest BCUT2D eigenvalue weighted by molar-refractivity contribution is 8.93. The molecule has 2 rings (SSSR count). The lowest BCUT2D eigenvalue weighted by Gasteiger charge is -2.02. The molecule has 0 atom stereocenters. The lowest BCUT2D eigenvalue weighted by molar-refractivity contribution is -0.385. The summed E-state index contributed by atoms with van der Waals surface area (Å²) in [5.74, 6) is -1.55. The largest absolute Gasteiger partial charge is 0.504 e. The predicted octanol–water partition coefficient (Wildman–Crippen LogP) is 1.69. The highest BCUT2D eigenvalue weighted by Gasteiger charge is 2.20. The molecule has 0 unspecified atom stereocenters. The third-order valence-corrected chi connectivity index (χ3v) is 2.42. The number of hydrogen-bond donors (Lipinski definition) is 3. The summed E-state index contributed by atoms with van der Waals surface area (Å²) in [5.41, 5.74) is -0.170. The van der Waals surface area contributed by atoms with E-state index in [4.69, 9.17) is 0 Å². The summed E-state index contributed by atoms with van der Waals surface area (Å²) in [4.78, 5) is 9.87. The van der Waals surface area contributed by atoms with Gasteiger partial charge in [-0.05, 0) is 6.07 Å². The van der Waals surface area contributed by atoms with Gasteiger partial charge < -0.3 is 15.3 Å². The first kappa shape index (κ1) is 14.8. The van der Waals surface area contributed by atoms with E-state index in [-0.39, 0.29) is 34.1 Å². The number of aryl methyl sites for hydroxylation is 1. The highest BCUT2D eigenvalue weighted by atomic mass is 79.9. The summed E-state index contributed by atoms with van der Waals surface area (Å²) >= 11 is 0. The van der Waals surface area contributed by atoms with Crippen molar-refractivity contribution in [3.05, 3.63) is 28.3 Å². The first-order valence-electron chi connectivity index (χ1n) is 4.84. The second-order valence-electron chi connectivity index (χ2n) is 3.63. The predicted molar refractivity (Wildman–Crippen MR) is 70.6 cm³/mol. The number of phenols is 2. The second-order valence-corrected chi connectivity index (χ2v) is 3.63. The SMILES string of the molecule is Br.Cn1nc(-c2cc(O)c(O)c([N+](=O)[O-])c2)cc1O. The van der Waals surface area contributed by atoms with Gasteiger partial charge in [-0.2, -0.15) is 5.10 Å². The van der Waals surface area contributed by atoms with Crippen molar-refractivity contribution in [1.29, 1.82) is 0 Å². The molecule has 0 amide bonds. The quantitative estimate of drug-likeness (QED) is 0.437. The summed E-state index contributed by atoms with van der Waals surface area (Å²) in [5, 5.41) is 42.7. The summed E-state index contributed by atoms with van der Waals surface area (Å²) in [6, 6.07) is 3.48. The standard InChI is InChI=1S/C10H9N3O5.BrH/c1-12-9(15)4-6(11-12)5-2-7(13(17)18)10(16)8(14)3-5;/h2-4,14-16H,1H3;1H. The van der Waals surface area contributed by atoms with Crippen LogP contribution in [0.1, 0.15) is 0 Å². The maximum atomic E-state index is 10.7. The highest BCUT2D eigenvalue weighted by Crippen LogP contribution is 2.39. The van der Waals surface area contributed by atoms with Crippen LogP contribution in [0, 0.1) is 10.1 Å². The van der Waals surface area contributed by atoms with E-state index >= 15 is 0 Å². The van der Waals surface area contributed by atoms with Crippen molar-refractivity contribution in [2.45, 2.75) is 0 Å². The molecule has 1 heterocycles. The van der Waals surface area contributed by atoms with Gasteiger partial charge in [0, 0.05) is 24.7 Å². The van der Waals surface area contributed by atoms with Crippen LogP contribution in [-0.4, -0.2) is 30.0 Å². The zero-order chi connectivity index (χ0) is 13.4. The Hall–Kier alpha value is -2.29. The minimum atomic E-state index is -0.818. The van der Waals surface area contributed by atoms with Gasteiger partial charge in [-0.3, -0.25) is 10.1 Å². The smallest absolute Gasteiger partial charge is 0.315 e. The normalized spacial score (nSPS) is 9.95. The molecule has 1 aromatic carbocycles. The number of halogens is 1. The fraction of sp³-hybridized carbons (Fsp3) is 0.100. The number of nitro benzene ring substituents is 1. The van der Waals surface area contributed by atoms with Gasteiger partial charge in [-0.15, -0.1) is 17.0 Å². The summed E-state index contributed by atoms with van der Waals surface area (Å²) in [7, 11) is 1.49. The summed E-state index contributed by atoms with van der Waals surface area (Å²) < 4.78 is 1.17.